The molecular formula is C14H35NaSi3. The third kappa shape index (κ3) is 4.88. The maximum Gasteiger partial charge on any atom is 1.00 e. The maximum atomic E-state index is 2.52. The van der Waals surface area contributed by atoms with Crippen LogP contribution < -0.4 is 29.6 Å². The molecule has 0 fully saturated rings. The van der Waals surface area contributed by atoms with Crippen LogP contribution in [-0.2, 0) is 0 Å². The zero-order chi connectivity index (χ0) is 13.7. The molecule has 0 radical (unpaired) electrons. The van der Waals surface area contributed by atoms with E-state index in [1.54, 1.807) is 0 Å². The van der Waals surface area contributed by atoms with Crippen molar-refractivity contribution in [1.82, 2.24) is 0 Å². The fraction of sp³-hybridized carbons (Fsp3) is 1.00. The topological polar surface area (TPSA) is 0 Å². The van der Waals surface area contributed by atoms with E-state index in [-0.39, 0.29) is 29.6 Å². The van der Waals surface area contributed by atoms with Crippen LogP contribution in [0.25, 0.3) is 0 Å². The van der Waals surface area contributed by atoms with Crippen molar-refractivity contribution in [2.24, 2.45) is 0 Å². The molecule has 0 spiro atoms. The molecular weight excluding hydrogens is 275 g/mol. The number of hydrogen-bond donors (Lipinski definition) is 0. The minimum atomic E-state index is -0.916. The molecule has 0 N–H and O–H groups in total. The second-order valence-electron chi connectivity index (χ2n) is 6.33. The van der Waals surface area contributed by atoms with Gasteiger partial charge in [0.15, 0.2) is 0 Å². The van der Waals surface area contributed by atoms with Crippen LogP contribution in [0.3, 0.4) is 0 Å². The smallest absolute Gasteiger partial charge is 0.270 e. The quantitative estimate of drug-likeness (QED) is 0.603. The molecule has 0 heterocycles. The molecule has 0 aliphatic heterocycles. The number of hydrogen-bond acceptors (Lipinski definition) is 0. The molecule has 104 valence electrons. The van der Waals surface area contributed by atoms with Crippen LogP contribution in [0.1, 0.15) is 55.4 Å². The second-order valence-corrected chi connectivity index (χ2v) is 27.1. The van der Waals surface area contributed by atoms with Gasteiger partial charge in [0, 0.05) is 0 Å². The Labute approximate surface area is 143 Å². The fourth-order valence-corrected chi connectivity index (χ4v) is 41.9. The summed E-state index contributed by atoms with van der Waals surface area (Å²) in [4.78, 5) is 0. The normalized spacial score (nSPS) is 13.0. The van der Waals surface area contributed by atoms with Crippen molar-refractivity contribution < 1.29 is 29.6 Å². The van der Waals surface area contributed by atoms with E-state index in [4.69, 9.17) is 0 Å². The Morgan fingerprint density at radius 1 is 0.667 bits per heavy atom. The van der Waals surface area contributed by atoms with Crippen LogP contribution in [0.5, 0.6) is 0 Å². The summed E-state index contributed by atoms with van der Waals surface area (Å²) in [5.74, 6) is 0. The summed E-state index contributed by atoms with van der Waals surface area (Å²) in [7, 11) is -1.03. The van der Waals surface area contributed by atoms with Gasteiger partial charge in [-0.05, 0) is 0 Å². The largest absolute Gasteiger partial charge is 1.00 e. The molecule has 0 amide bonds. The van der Waals surface area contributed by atoms with E-state index < -0.39 is 15.2 Å². The molecule has 0 aromatic carbocycles. The van der Waals surface area contributed by atoms with E-state index in [0.717, 1.165) is 19.6 Å². The van der Waals surface area contributed by atoms with Gasteiger partial charge in [0.2, 0.25) is 0 Å². The van der Waals surface area contributed by atoms with E-state index in [1.165, 1.54) is 24.2 Å². The predicted octanol–water partition coefficient (Wildman–Crippen LogP) is 2.22. The first-order valence-corrected chi connectivity index (χ1v) is 16.3. The first-order valence-electron chi connectivity index (χ1n) is 7.71. The zero-order valence-corrected chi connectivity index (χ0v) is 19.7. The number of rotatable bonds is 8. The molecule has 0 nitrogen and oxygen atoms in total. The second kappa shape index (κ2) is 9.56. The molecule has 0 aromatic heterocycles. The third-order valence-corrected chi connectivity index (χ3v) is 39.2. The predicted molar refractivity (Wildman–Crippen MR) is 90.8 cm³/mol. The van der Waals surface area contributed by atoms with Gasteiger partial charge in [0.25, 0.3) is 0 Å². The molecule has 0 atom stereocenters. The van der Waals surface area contributed by atoms with Gasteiger partial charge in [-0.2, -0.15) is 0 Å². The van der Waals surface area contributed by atoms with E-state index in [9.17, 15) is 0 Å². The molecule has 0 aromatic rings. The van der Waals surface area contributed by atoms with Gasteiger partial charge in [0.05, 0.1) is 0 Å². The first kappa shape index (κ1) is 21.9. The van der Waals surface area contributed by atoms with Crippen molar-refractivity contribution in [3.8, 4) is 0 Å². The molecule has 0 bridgehead atoms. The average molecular weight is 311 g/mol. The van der Waals surface area contributed by atoms with Crippen LogP contribution in [0, 0.1) is 0 Å². The summed E-state index contributed by atoms with van der Waals surface area (Å²) in [5.41, 5.74) is 2.02. The Balaban J connectivity index is 0. The van der Waals surface area contributed by atoms with Crippen molar-refractivity contribution >= 4 is 23.7 Å². The van der Waals surface area contributed by atoms with E-state index in [2.05, 4.69) is 55.4 Å². The molecule has 0 saturated carbocycles. The summed E-state index contributed by atoms with van der Waals surface area (Å²) >= 11 is 0. The third-order valence-electron chi connectivity index (χ3n) is 5.51. The van der Waals surface area contributed by atoms with Crippen molar-refractivity contribution in [3.05, 3.63) is 0 Å². The SMILES string of the molecule is CC[Si](CC)([SiH-][Si](CC)(CC)C(C)C)C(C)C.[Na+]. The van der Waals surface area contributed by atoms with Crippen LogP contribution in [0.4, 0.5) is 0 Å². The fourth-order valence-electron chi connectivity index (χ4n) is 3.45. The summed E-state index contributed by atoms with van der Waals surface area (Å²) in [6.45, 7) is 20.1. The van der Waals surface area contributed by atoms with Crippen molar-refractivity contribution in [3.63, 3.8) is 0 Å². The standard InChI is InChI=1S/C14H35Si3.Na/c1-9-16(10-2,13(5)6)15-17(11-3,12-4)14(7)8;/h13-15H,9-12H2,1-8H3;/q-1;+1. The first-order chi connectivity index (χ1) is 7.84. The summed E-state index contributed by atoms with van der Waals surface area (Å²) in [6, 6.07) is 6.16. The summed E-state index contributed by atoms with van der Waals surface area (Å²) < 4.78 is 0. The van der Waals surface area contributed by atoms with E-state index in [1.807, 2.05) is 0 Å². The van der Waals surface area contributed by atoms with Crippen molar-refractivity contribution in [2.75, 3.05) is 0 Å². The Kier molecular flexibility index (Phi) is 11.7. The molecule has 18 heavy (non-hydrogen) atoms. The van der Waals surface area contributed by atoms with E-state index >= 15 is 0 Å². The van der Waals surface area contributed by atoms with Crippen LogP contribution in [0.15, 0.2) is 0 Å². The molecule has 0 rings (SSSR count). The van der Waals surface area contributed by atoms with Crippen LogP contribution in [0.2, 0.25) is 35.3 Å². The molecule has 0 aliphatic carbocycles. The molecule has 0 saturated heterocycles. The van der Waals surface area contributed by atoms with Gasteiger partial charge in [0.1, 0.15) is 0 Å². The zero-order valence-electron chi connectivity index (χ0n) is 14.6. The van der Waals surface area contributed by atoms with Crippen molar-refractivity contribution in [1.29, 1.82) is 0 Å². The Morgan fingerprint density at radius 3 is 1.00 bits per heavy atom. The van der Waals surface area contributed by atoms with Gasteiger partial charge in [-0.15, -0.1) is 0 Å². The Hall–Kier alpha value is 1.65. The Bertz CT molecular complexity index is 187. The average Bonchev–Trinajstić information content (AvgIpc) is 2.31. The van der Waals surface area contributed by atoms with E-state index in [0.29, 0.717) is 0 Å². The molecule has 0 aliphatic rings. The van der Waals surface area contributed by atoms with Gasteiger partial charge in [-0.25, -0.2) is 0 Å². The minimum absolute atomic E-state index is 0. The van der Waals surface area contributed by atoms with Crippen molar-refractivity contribution in [2.45, 2.75) is 90.6 Å². The Morgan fingerprint density at radius 2 is 0.889 bits per heavy atom. The summed E-state index contributed by atoms with van der Waals surface area (Å²) in [6.07, 6.45) is 0. The molecule has 0 unspecified atom stereocenters. The van der Waals surface area contributed by atoms with Gasteiger partial charge in [-0.1, -0.05) is 106 Å². The maximum absolute atomic E-state index is 2.52. The van der Waals surface area contributed by atoms with Crippen LogP contribution in [-0.4, -0.2) is 23.7 Å². The minimum Gasteiger partial charge on any atom is -0.270 e. The van der Waals surface area contributed by atoms with Gasteiger partial charge < -0.3 is 0 Å². The summed E-state index contributed by atoms with van der Waals surface area (Å²) in [5, 5.41) is 0. The van der Waals surface area contributed by atoms with Gasteiger partial charge in [-0.3, -0.25) is 8.55 Å². The van der Waals surface area contributed by atoms with Gasteiger partial charge >= 0.3 is 29.6 Å². The van der Waals surface area contributed by atoms with Crippen LogP contribution >= 0.6 is 0 Å². The monoisotopic (exact) mass is 310 g/mol. The molecule has 4 heteroatoms.